The molecule has 17 heavy (non-hydrogen) atoms. The summed E-state index contributed by atoms with van der Waals surface area (Å²) in [5.74, 6) is 0. The van der Waals surface area contributed by atoms with Gasteiger partial charge in [0.05, 0.1) is 12.2 Å². The topological polar surface area (TPSA) is 35.5 Å². The molecule has 0 heterocycles. The summed E-state index contributed by atoms with van der Waals surface area (Å²) in [6.07, 6.45) is -0.147. The SMILES string of the molecule is CC(C)OC(OC(C)C)(P=O)c1ccccc1. The first-order valence-electron chi connectivity index (χ1n) is 5.76. The van der Waals surface area contributed by atoms with Crippen LogP contribution in [0.15, 0.2) is 30.3 Å². The largest absolute Gasteiger partial charge is 0.334 e. The van der Waals surface area contributed by atoms with Crippen LogP contribution in [-0.2, 0) is 19.6 Å². The zero-order chi connectivity index (χ0) is 12.9. The van der Waals surface area contributed by atoms with E-state index in [0.717, 1.165) is 5.56 Å². The van der Waals surface area contributed by atoms with Gasteiger partial charge in [0.25, 0.3) is 5.53 Å². The Labute approximate surface area is 104 Å². The van der Waals surface area contributed by atoms with Gasteiger partial charge in [0.1, 0.15) is 0 Å². The van der Waals surface area contributed by atoms with Crippen molar-refractivity contribution in [3.8, 4) is 0 Å². The maximum atomic E-state index is 11.5. The van der Waals surface area contributed by atoms with Crippen LogP contribution in [0.3, 0.4) is 0 Å². The van der Waals surface area contributed by atoms with Crippen molar-refractivity contribution in [1.29, 1.82) is 0 Å². The molecular weight excluding hydrogens is 235 g/mol. The second kappa shape index (κ2) is 6.25. The molecule has 0 N–H and O–H groups in total. The minimum Gasteiger partial charge on any atom is -0.334 e. The maximum Gasteiger partial charge on any atom is 0.279 e. The zero-order valence-electron chi connectivity index (χ0n) is 10.7. The third-order valence-electron chi connectivity index (χ3n) is 2.05. The molecule has 0 aliphatic rings. The number of hydrogen-bond donors (Lipinski definition) is 0. The van der Waals surface area contributed by atoms with E-state index < -0.39 is 5.53 Å². The molecule has 0 fully saturated rings. The fraction of sp³-hybridized carbons (Fsp3) is 0.538. The maximum absolute atomic E-state index is 11.5. The quantitative estimate of drug-likeness (QED) is 0.569. The van der Waals surface area contributed by atoms with Crippen LogP contribution in [0.4, 0.5) is 0 Å². The van der Waals surface area contributed by atoms with Gasteiger partial charge in [-0.2, -0.15) is 0 Å². The molecule has 0 aliphatic heterocycles. The van der Waals surface area contributed by atoms with Gasteiger partial charge in [0.2, 0.25) is 8.46 Å². The van der Waals surface area contributed by atoms with Crippen molar-refractivity contribution in [2.24, 2.45) is 0 Å². The molecule has 0 aromatic heterocycles. The third kappa shape index (κ3) is 3.88. The van der Waals surface area contributed by atoms with Gasteiger partial charge in [0, 0.05) is 5.56 Å². The summed E-state index contributed by atoms with van der Waals surface area (Å²) in [6.45, 7) is 7.58. The minimum absolute atomic E-state index is 0.0737. The van der Waals surface area contributed by atoms with E-state index in [1.807, 2.05) is 58.0 Å². The van der Waals surface area contributed by atoms with Gasteiger partial charge < -0.3 is 9.47 Å². The summed E-state index contributed by atoms with van der Waals surface area (Å²) >= 11 is 0. The van der Waals surface area contributed by atoms with E-state index in [0.29, 0.717) is 0 Å². The lowest BCUT2D eigenvalue weighted by molar-refractivity contribution is -0.218. The molecular formula is C13H19O3P. The van der Waals surface area contributed by atoms with Crippen LogP contribution < -0.4 is 0 Å². The molecule has 0 saturated heterocycles. The van der Waals surface area contributed by atoms with Gasteiger partial charge >= 0.3 is 0 Å². The zero-order valence-corrected chi connectivity index (χ0v) is 11.6. The second-order valence-electron chi connectivity index (χ2n) is 4.37. The van der Waals surface area contributed by atoms with E-state index in [2.05, 4.69) is 0 Å². The lowest BCUT2D eigenvalue weighted by Gasteiger charge is -2.31. The molecule has 0 unspecified atom stereocenters. The first kappa shape index (κ1) is 14.3. The summed E-state index contributed by atoms with van der Waals surface area (Å²) in [6, 6.07) is 9.37. The molecule has 1 rings (SSSR count). The number of ether oxygens (including phenoxy) is 2. The van der Waals surface area contributed by atoms with Gasteiger partial charge in [0.15, 0.2) is 0 Å². The molecule has 4 heteroatoms. The number of benzene rings is 1. The minimum atomic E-state index is -1.20. The van der Waals surface area contributed by atoms with Gasteiger partial charge in [-0.3, -0.25) is 4.57 Å². The molecule has 0 aliphatic carbocycles. The van der Waals surface area contributed by atoms with E-state index in [9.17, 15) is 4.57 Å². The summed E-state index contributed by atoms with van der Waals surface area (Å²) in [5.41, 5.74) is -0.442. The van der Waals surface area contributed by atoms with Crippen molar-refractivity contribution < 1.29 is 14.0 Å². The fourth-order valence-electron chi connectivity index (χ4n) is 1.55. The van der Waals surface area contributed by atoms with E-state index in [1.54, 1.807) is 0 Å². The van der Waals surface area contributed by atoms with Crippen LogP contribution >= 0.6 is 8.46 Å². The van der Waals surface area contributed by atoms with Gasteiger partial charge in [-0.15, -0.1) is 0 Å². The highest BCUT2D eigenvalue weighted by Crippen LogP contribution is 2.39. The normalized spacial score (nSPS) is 12.6. The van der Waals surface area contributed by atoms with Crippen LogP contribution in [0, 0.1) is 0 Å². The van der Waals surface area contributed by atoms with E-state index in [-0.39, 0.29) is 20.7 Å². The monoisotopic (exact) mass is 254 g/mol. The average Bonchev–Trinajstić information content (AvgIpc) is 2.28. The Bertz CT molecular complexity index is 339. The predicted molar refractivity (Wildman–Crippen MR) is 68.2 cm³/mol. The lowest BCUT2D eigenvalue weighted by atomic mass is 10.2. The summed E-state index contributed by atoms with van der Waals surface area (Å²) in [5, 5.41) is 0. The van der Waals surface area contributed by atoms with Crippen molar-refractivity contribution in [3.05, 3.63) is 35.9 Å². The van der Waals surface area contributed by atoms with Gasteiger partial charge in [-0.25, -0.2) is 0 Å². The Balaban J connectivity index is 3.11. The van der Waals surface area contributed by atoms with Crippen molar-refractivity contribution in [2.45, 2.75) is 45.4 Å². The summed E-state index contributed by atoms with van der Waals surface area (Å²) in [7, 11) is -0.190. The third-order valence-corrected chi connectivity index (χ3v) is 2.76. The molecule has 0 atom stereocenters. The van der Waals surface area contributed by atoms with E-state index in [4.69, 9.17) is 9.47 Å². The molecule has 0 radical (unpaired) electrons. The fourth-order valence-corrected chi connectivity index (χ4v) is 2.31. The lowest BCUT2D eigenvalue weighted by Crippen LogP contribution is -2.32. The van der Waals surface area contributed by atoms with Gasteiger partial charge in [-0.1, -0.05) is 30.3 Å². The summed E-state index contributed by atoms with van der Waals surface area (Å²) < 4.78 is 23.0. The molecule has 0 amide bonds. The molecule has 1 aromatic carbocycles. The first-order valence-corrected chi connectivity index (χ1v) is 6.57. The van der Waals surface area contributed by atoms with E-state index in [1.165, 1.54) is 0 Å². The van der Waals surface area contributed by atoms with Crippen LogP contribution in [0.1, 0.15) is 33.3 Å². The average molecular weight is 254 g/mol. The molecule has 94 valence electrons. The van der Waals surface area contributed by atoms with Crippen LogP contribution in [0.5, 0.6) is 0 Å². The molecule has 0 saturated carbocycles. The highest BCUT2D eigenvalue weighted by molar-refractivity contribution is 7.24. The number of rotatable bonds is 6. The highest BCUT2D eigenvalue weighted by Gasteiger charge is 2.37. The molecule has 0 spiro atoms. The Morgan fingerprint density at radius 2 is 1.47 bits per heavy atom. The van der Waals surface area contributed by atoms with Gasteiger partial charge in [-0.05, 0) is 27.7 Å². The van der Waals surface area contributed by atoms with Crippen LogP contribution in [0.25, 0.3) is 0 Å². The second-order valence-corrected chi connectivity index (χ2v) is 5.14. The van der Waals surface area contributed by atoms with Crippen molar-refractivity contribution in [2.75, 3.05) is 0 Å². The highest BCUT2D eigenvalue weighted by atomic mass is 31.1. The van der Waals surface area contributed by atoms with Crippen LogP contribution in [0.2, 0.25) is 0 Å². The Hall–Kier alpha value is -0.760. The van der Waals surface area contributed by atoms with Crippen LogP contribution in [-0.4, -0.2) is 12.2 Å². The summed E-state index contributed by atoms with van der Waals surface area (Å²) in [4.78, 5) is 0. The molecule has 3 nitrogen and oxygen atoms in total. The standard InChI is InChI=1S/C13H19O3P/c1-10(2)15-13(17-14,16-11(3)4)12-8-6-5-7-9-12/h5-11H,1-4H3. The first-order chi connectivity index (χ1) is 8.00. The smallest absolute Gasteiger partial charge is 0.279 e. The van der Waals surface area contributed by atoms with Crippen molar-refractivity contribution in [1.82, 2.24) is 0 Å². The Morgan fingerprint density at radius 3 is 1.82 bits per heavy atom. The molecule has 1 aromatic rings. The number of hydrogen-bond acceptors (Lipinski definition) is 3. The molecule has 0 bridgehead atoms. The predicted octanol–water partition coefficient (Wildman–Crippen LogP) is 3.94. The van der Waals surface area contributed by atoms with Crippen molar-refractivity contribution >= 4 is 8.46 Å². The van der Waals surface area contributed by atoms with E-state index >= 15 is 0 Å². The Morgan fingerprint density at radius 1 is 1.00 bits per heavy atom. The van der Waals surface area contributed by atoms with Crippen molar-refractivity contribution in [3.63, 3.8) is 0 Å². The Kier molecular flexibility index (Phi) is 5.26.